The summed E-state index contributed by atoms with van der Waals surface area (Å²) in [6, 6.07) is 0. The highest BCUT2D eigenvalue weighted by atomic mass is 16.6. The second-order valence-corrected chi connectivity index (χ2v) is 23.1. The lowest BCUT2D eigenvalue weighted by atomic mass is 10.0. The molecule has 0 radical (unpaired) electrons. The number of esters is 3. The normalized spacial score (nSPS) is 12.6. The van der Waals surface area contributed by atoms with Crippen LogP contribution in [0, 0.1) is 0 Å². The van der Waals surface area contributed by atoms with Crippen LogP contribution >= 0.6 is 0 Å². The average molecular weight is 1120 g/mol. The highest BCUT2D eigenvalue weighted by molar-refractivity contribution is 5.71. The van der Waals surface area contributed by atoms with Crippen LogP contribution in [0.2, 0.25) is 0 Å². The van der Waals surface area contributed by atoms with Crippen molar-refractivity contribution in [1.82, 2.24) is 0 Å². The minimum Gasteiger partial charge on any atom is -0.462 e. The van der Waals surface area contributed by atoms with Gasteiger partial charge in [0.15, 0.2) is 6.10 Å². The third-order valence-corrected chi connectivity index (χ3v) is 15.1. The smallest absolute Gasteiger partial charge is 0.306 e. The quantitative estimate of drug-likeness (QED) is 0.0261. The Morgan fingerprint density at radius 1 is 0.263 bits per heavy atom. The van der Waals surface area contributed by atoms with E-state index in [1.807, 2.05) is 0 Å². The van der Waals surface area contributed by atoms with E-state index in [1.165, 1.54) is 199 Å². The molecule has 0 aromatic carbocycles. The van der Waals surface area contributed by atoms with Crippen LogP contribution in [0.15, 0.2) is 85.1 Å². The van der Waals surface area contributed by atoms with Gasteiger partial charge in [0.05, 0.1) is 0 Å². The molecule has 0 saturated heterocycles. The third-order valence-electron chi connectivity index (χ3n) is 15.1. The van der Waals surface area contributed by atoms with Crippen molar-refractivity contribution in [2.24, 2.45) is 0 Å². The predicted octanol–water partition coefficient (Wildman–Crippen LogP) is 23.8. The lowest BCUT2D eigenvalue weighted by Gasteiger charge is -2.18. The van der Waals surface area contributed by atoms with Gasteiger partial charge in [0.25, 0.3) is 0 Å². The van der Waals surface area contributed by atoms with Crippen molar-refractivity contribution in [3.8, 4) is 0 Å². The molecule has 0 N–H and O–H groups in total. The lowest BCUT2D eigenvalue weighted by molar-refractivity contribution is -0.167. The molecule has 6 nitrogen and oxygen atoms in total. The molecule has 0 aromatic heterocycles. The molecule has 0 aliphatic heterocycles. The summed E-state index contributed by atoms with van der Waals surface area (Å²) in [5.74, 6) is -0.894. The van der Waals surface area contributed by atoms with Gasteiger partial charge in [-0.25, -0.2) is 0 Å². The van der Waals surface area contributed by atoms with Crippen LogP contribution in [0.25, 0.3) is 0 Å². The second kappa shape index (κ2) is 68.1. The Morgan fingerprint density at radius 2 is 0.487 bits per heavy atom. The molecule has 1 atom stereocenters. The number of hydrogen-bond acceptors (Lipinski definition) is 6. The molecule has 0 heterocycles. The van der Waals surface area contributed by atoms with E-state index in [2.05, 4.69) is 106 Å². The standard InChI is InChI=1S/C74H130O6/c1-4-7-10-13-16-19-22-25-28-31-33-35-37-39-40-43-46-49-52-55-58-61-64-67-73(76)79-70-71(69-78-72(75)66-63-60-57-54-51-48-45-42-30-27-24-21-18-15-12-9-6-3)80-74(77)68-65-62-59-56-53-50-47-44-41-38-36-34-32-29-26-23-20-17-14-11-8-5-2/h7,10,16,19,25,27-28,30,33,35,39-40,46,49,71H,4-6,8-9,11-15,17-18,20-24,26,29,31-32,34,36-38,41-45,47-48,50-70H2,1-3H3/b10-7-,19-16-,28-25-,30-27-,35-33-,40-39-,49-46-. The summed E-state index contributed by atoms with van der Waals surface area (Å²) < 4.78 is 17.0. The van der Waals surface area contributed by atoms with Crippen molar-refractivity contribution >= 4 is 17.9 Å². The van der Waals surface area contributed by atoms with Gasteiger partial charge in [0, 0.05) is 19.3 Å². The molecule has 0 aliphatic rings. The Balaban J connectivity index is 4.40. The lowest BCUT2D eigenvalue weighted by Crippen LogP contribution is -2.30. The van der Waals surface area contributed by atoms with Gasteiger partial charge in [-0.05, 0) is 96.3 Å². The van der Waals surface area contributed by atoms with Gasteiger partial charge in [-0.15, -0.1) is 0 Å². The Morgan fingerprint density at radius 3 is 0.775 bits per heavy atom. The summed E-state index contributed by atoms with van der Waals surface area (Å²) in [6.07, 6.45) is 90.3. The van der Waals surface area contributed by atoms with Gasteiger partial charge < -0.3 is 14.2 Å². The largest absolute Gasteiger partial charge is 0.462 e. The first-order chi connectivity index (χ1) is 39.5. The molecule has 0 amide bonds. The molecule has 0 rings (SSSR count). The highest BCUT2D eigenvalue weighted by Crippen LogP contribution is 2.17. The van der Waals surface area contributed by atoms with Gasteiger partial charge in [-0.2, -0.15) is 0 Å². The van der Waals surface area contributed by atoms with E-state index in [4.69, 9.17) is 14.2 Å². The zero-order valence-electron chi connectivity index (χ0n) is 53.1. The Hall–Kier alpha value is -3.41. The van der Waals surface area contributed by atoms with E-state index >= 15 is 0 Å². The molecule has 0 aliphatic carbocycles. The highest BCUT2D eigenvalue weighted by Gasteiger charge is 2.19. The van der Waals surface area contributed by atoms with Crippen LogP contribution in [0.1, 0.15) is 348 Å². The van der Waals surface area contributed by atoms with Crippen molar-refractivity contribution in [3.05, 3.63) is 85.1 Å². The summed E-state index contributed by atoms with van der Waals surface area (Å²) in [7, 11) is 0. The van der Waals surface area contributed by atoms with E-state index in [0.29, 0.717) is 19.3 Å². The molecule has 0 saturated carbocycles. The van der Waals surface area contributed by atoms with Crippen LogP contribution in [-0.2, 0) is 28.6 Å². The van der Waals surface area contributed by atoms with Gasteiger partial charge in [-0.3, -0.25) is 14.4 Å². The summed E-state index contributed by atoms with van der Waals surface area (Å²) in [4.78, 5) is 38.5. The maximum atomic E-state index is 13.0. The minimum atomic E-state index is -0.790. The van der Waals surface area contributed by atoms with Crippen molar-refractivity contribution < 1.29 is 28.6 Å². The third kappa shape index (κ3) is 65.4. The molecule has 0 spiro atoms. The number of allylic oxidation sites excluding steroid dienone is 14. The fraction of sp³-hybridized carbons (Fsp3) is 0.770. The maximum absolute atomic E-state index is 13.0. The van der Waals surface area contributed by atoms with Crippen LogP contribution < -0.4 is 0 Å². The van der Waals surface area contributed by atoms with Gasteiger partial charge in [0.2, 0.25) is 0 Å². The fourth-order valence-electron chi connectivity index (χ4n) is 9.97. The molecule has 6 heteroatoms. The molecule has 1 unspecified atom stereocenters. The number of unbranched alkanes of at least 4 members (excludes halogenated alkanes) is 38. The van der Waals surface area contributed by atoms with E-state index in [9.17, 15) is 14.4 Å². The first-order valence-electron chi connectivity index (χ1n) is 34.6. The van der Waals surface area contributed by atoms with Gasteiger partial charge in [0.1, 0.15) is 13.2 Å². The summed E-state index contributed by atoms with van der Waals surface area (Å²) >= 11 is 0. The molecule has 0 aromatic rings. The number of carbonyl (C=O) groups excluding carboxylic acids is 3. The van der Waals surface area contributed by atoms with Crippen LogP contribution in [-0.4, -0.2) is 37.2 Å². The number of ether oxygens (including phenoxy) is 3. The zero-order chi connectivity index (χ0) is 57.8. The number of carbonyl (C=O) groups is 3. The summed E-state index contributed by atoms with van der Waals surface area (Å²) in [5, 5.41) is 0. The van der Waals surface area contributed by atoms with Crippen LogP contribution in [0.3, 0.4) is 0 Å². The summed E-state index contributed by atoms with van der Waals surface area (Å²) in [5.41, 5.74) is 0. The topological polar surface area (TPSA) is 78.9 Å². The molecular weight excluding hydrogens is 985 g/mol. The SMILES string of the molecule is CC/C=C\C/C=C\C/C=C\C/C=C\C/C=C\C/C=C\CCCCCCC(=O)OCC(COC(=O)CCCCCCCCC/C=C\CCCCCCCC)OC(=O)CCCCCCCCCCCCCCCCCCCCCCCC. The fourth-order valence-corrected chi connectivity index (χ4v) is 9.97. The van der Waals surface area contributed by atoms with Crippen molar-refractivity contribution in [3.63, 3.8) is 0 Å². The second-order valence-electron chi connectivity index (χ2n) is 23.1. The van der Waals surface area contributed by atoms with Crippen LogP contribution in [0.5, 0.6) is 0 Å². The molecule has 462 valence electrons. The first kappa shape index (κ1) is 76.6. The van der Waals surface area contributed by atoms with Crippen molar-refractivity contribution in [2.45, 2.75) is 354 Å². The Bertz CT molecular complexity index is 1520. The van der Waals surface area contributed by atoms with Crippen LogP contribution in [0.4, 0.5) is 0 Å². The number of hydrogen-bond donors (Lipinski definition) is 0. The monoisotopic (exact) mass is 1110 g/mol. The predicted molar refractivity (Wildman–Crippen MR) is 348 cm³/mol. The van der Waals surface area contributed by atoms with Crippen molar-refractivity contribution in [1.29, 1.82) is 0 Å². The van der Waals surface area contributed by atoms with E-state index in [0.717, 1.165) is 109 Å². The summed E-state index contributed by atoms with van der Waals surface area (Å²) in [6.45, 7) is 6.55. The Kier molecular flexibility index (Phi) is 65.2. The van der Waals surface area contributed by atoms with Crippen molar-refractivity contribution in [2.75, 3.05) is 13.2 Å². The zero-order valence-corrected chi connectivity index (χ0v) is 53.1. The average Bonchev–Trinajstić information content (AvgIpc) is 3.46. The molecule has 0 fully saturated rings. The van der Waals surface area contributed by atoms with E-state index < -0.39 is 6.10 Å². The van der Waals surface area contributed by atoms with E-state index in [-0.39, 0.29) is 31.1 Å². The molecular formula is C74H130O6. The molecule has 80 heavy (non-hydrogen) atoms. The number of rotatable bonds is 63. The first-order valence-corrected chi connectivity index (χ1v) is 34.6. The maximum Gasteiger partial charge on any atom is 0.306 e. The van der Waals surface area contributed by atoms with Gasteiger partial charge >= 0.3 is 17.9 Å². The van der Waals surface area contributed by atoms with Gasteiger partial charge in [-0.1, -0.05) is 318 Å². The molecule has 0 bridgehead atoms. The Labute approximate surface area is 496 Å². The van der Waals surface area contributed by atoms with E-state index in [1.54, 1.807) is 0 Å². The minimum absolute atomic E-state index is 0.0841.